The Kier molecular flexibility index (Phi) is 4.27. The van der Waals surface area contributed by atoms with Gasteiger partial charge in [-0.1, -0.05) is 54.8 Å². The lowest BCUT2D eigenvalue weighted by molar-refractivity contribution is -0.0527. The van der Waals surface area contributed by atoms with E-state index in [2.05, 4.69) is 10.1 Å². The molecule has 0 spiro atoms. The number of ether oxygens (including phenoxy) is 1. The van der Waals surface area contributed by atoms with E-state index in [0.717, 1.165) is 31.2 Å². The molecule has 112 valence electrons. The van der Waals surface area contributed by atoms with Crippen molar-refractivity contribution in [2.45, 2.75) is 43.1 Å². The lowest BCUT2D eigenvalue weighted by Crippen LogP contribution is -2.32. The van der Waals surface area contributed by atoms with Crippen molar-refractivity contribution in [3.05, 3.63) is 47.6 Å². The predicted molar refractivity (Wildman–Crippen MR) is 80.2 cm³/mol. The number of aromatic nitrogens is 2. The minimum atomic E-state index is -0.426. The monoisotopic (exact) mass is 306 g/mol. The fourth-order valence-corrected chi connectivity index (χ4v) is 3.16. The zero-order valence-electron chi connectivity index (χ0n) is 12.1. The first-order valence-corrected chi connectivity index (χ1v) is 7.77. The van der Waals surface area contributed by atoms with Crippen molar-refractivity contribution >= 4 is 11.6 Å². The Morgan fingerprint density at radius 1 is 1.19 bits per heavy atom. The summed E-state index contributed by atoms with van der Waals surface area (Å²) in [6.07, 6.45) is 5.35. The Labute approximate surface area is 129 Å². The van der Waals surface area contributed by atoms with Crippen LogP contribution in [-0.2, 0) is 10.3 Å². The summed E-state index contributed by atoms with van der Waals surface area (Å²) in [6, 6.07) is 9.75. The summed E-state index contributed by atoms with van der Waals surface area (Å²) in [7, 11) is 1.72. The second kappa shape index (κ2) is 6.16. The number of nitrogens with zero attached hydrogens (tertiary/aromatic N) is 2. The van der Waals surface area contributed by atoms with Gasteiger partial charge in [0.25, 0.3) is 0 Å². The minimum Gasteiger partial charge on any atom is -0.370 e. The van der Waals surface area contributed by atoms with Crippen LogP contribution in [0.25, 0.3) is 0 Å². The van der Waals surface area contributed by atoms with Crippen molar-refractivity contribution in [1.82, 2.24) is 10.1 Å². The maximum absolute atomic E-state index is 6.44. The van der Waals surface area contributed by atoms with Gasteiger partial charge in [-0.05, 0) is 18.4 Å². The number of benzene rings is 1. The van der Waals surface area contributed by atoms with Gasteiger partial charge in [-0.15, -0.1) is 11.6 Å². The van der Waals surface area contributed by atoms with Gasteiger partial charge in [0.05, 0.1) is 0 Å². The Morgan fingerprint density at radius 2 is 1.90 bits per heavy atom. The molecule has 3 rings (SSSR count). The molecule has 1 aliphatic rings. The average Bonchev–Trinajstić information content (AvgIpc) is 3.06. The number of alkyl halides is 1. The van der Waals surface area contributed by atoms with Gasteiger partial charge in [0.2, 0.25) is 11.7 Å². The van der Waals surface area contributed by atoms with Gasteiger partial charge in [0, 0.05) is 7.11 Å². The van der Waals surface area contributed by atoms with E-state index in [1.54, 1.807) is 7.11 Å². The molecule has 0 aliphatic heterocycles. The number of hydrogen-bond acceptors (Lipinski definition) is 4. The SMILES string of the molecule is COC1(c2noc(C(Cl)c3ccccc3)n2)CCCCC1. The molecule has 2 aromatic rings. The second-order valence-electron chi connectivity index (χ2n) is 5.49. The molecule has 1 unspecified atom stereocenters. The molecule has 5 heteroatoms. The molecule has 1 aromatic heterocycles. The zero-order valence-corrected chi connectivity index (χ0v) is 12.8. The summed E-state index contributed by atoms with van der Waals surface area (Å²) in [5, 5.41) is 3.71. The van der Waals surface area contributed by atoms with Crippen LogP contribution >= 0.6 is 11.6 Å². The minimum absolute atomic E-state index is 0.409. The summed E-state index contributed by atoms with van der Waals surface area (Å²) in [6.45, 7) is 0. The third-order valence-corrected chi connectivity index (χ3v) is 4.65. The molecule has 0 radical (unpaired) electrons. The van der Waals surface area contributed by atoms with Crippen molar-refractivity contribution in [1.29, 1.82) is 0 Å². The van der Waals surface area contributed by atoms with Gasteiger partial charge in [0.1, 0.15) is 11.0 Å². The van der Waals surface area contributed by atoms with Gasteiger partial charge in [-0.2, -0.15) is 4.98 Å². The van der Waals surface area contributed by atoms with Crippen LogP contribution in [-0.4, -0.2) is 17.3 Å². The van der Waals surface area contributed by atoms with E-state index >= 15 is 0 Å². The van der Waals surface area contributed by atoms with E-state index < -0.39 is 11.0 Å². The number of rotatable bonds is 4. The summed E-state index contributed by atoms with van der Waals surface area (Å²) in [5.74, 6) is 1.06. The number of methoxy groups -OCH3 is 1. The third kappa shape index (κ3) is 2.83. The van der Waals surface area contributed by atoms with Gasteiger partial charge in [-0.3, -0.25) is 0 Å². The molecule has 1 aromatic carbocycles. The lowest BCUT2D eigenvalue weighted by Gasteiger charge is -2.32. The zero-order chi connectivity index (χ0) is 14.7. The lowest BCUT2D eigenvalue weighted by atomic mass is 9.84. The van der Waals surface area contributed by atoms with Crippen LogP contribution < -0.4 is 0 Å². The predicted octanol–water partition coefficient (Wildman–Crippen LogP) is 4.20. The van der Waals surface area contributed by atoms with Crippen molar-refractivity contribution < 1.29 is 9.26 Å². The molecule has 1 aliphatic carbocycles. The van der Waals surface area contributed by atoms with E-state index in [9.17, 15) is 0 Å². The van der Waals surface area contributed by atoms with E-state index in [-0.39, 0.29) is 0 Å². The molecule has 0 saturated heterocycles. The quantitative estimate of drug-likeness (QED) is 0.794. The van der Waals surface area contributed by atoms with Crippen LogP contribution in [0.2, 0.25) is 0 Å². The first kappa shape index (κ1) is 14.5. The molecule has 21 heavy (non-hydrogen) atoms. The Hall–Kier alpha value is -1.39. The molecular formula is C16H19ClN2O2. The highest BCUT2D eigenvalue weighted by molar-refractivity contribution is 6.22. The first-order chi connectivity index (χ1) is 10.2. The van der Waals surface area contributed by atoms with Crippen molar-refractivity contribution in [3.8, 4) is 0 Å². The molecule has 4 nitrogen and oxygen atoms in total. The van der Waals surface area contributed by atoms with Crippen LogP contribution in [0, 0.1) is 0 Å². The summed E-state index contributed by atoms with van der Waals surface area (Å²) < 4.78 is 11.1. The normalized spacial score (nSPS) is 19.3. The molecule has 0 bridgehead atoms. The van der Waals surface area contributed by atoms with E-state index in [1.807, 2.05) is 30.3 Å². The van der Waals surface area contributed by atoms with Crippen LogP contribution in [0.15, 0.2) is 34.9 Å². The van der Waals surface area contributed by atoms with Crippen LogP contribution in [0.5, 0.6) is 0 Å². The molecule has 1 fully saturated rings. The Balaban J connectivity index is 1.86. The topological polar surface area (TPSA) is 48.2 Å². The standard InChI is InChI=1S/C16H19ClN2O2/c1-20-16(10-6-3-7-11-16)15-18-14(21-19-15)13(17)12-8-4-2-5-9-12/h2,4-5,8-9,13H,3,6-7,10-11H2,1H3. The van der Waals surface area contributed by atoms with Gasteiger partial charge >= 0.3 is 0 Å². The highest BCUT2D eigenvalue weighted by atomic mass is 35.5. The Bertz CT molecular complexity index is 579. The summed E-state index contributed by atoms with van der Waals surface area (Å²) in [4.78, 5) is 4.52. The van der Waals surface area contributed by atoms with Crippen molar-refractivity contribution in [3.63, 3.8) is 0 Å². The van der Waals surface area contributed by atoms with Crippen LogP contribution in [0.3, 0.4) is 0 Å². The molecular weight excluding hydrogens is 288 g/mol. The van der Waals surface area contributed by atoms with Crippen LogP contribution in [0.4, 0.5) is 0 Å². The number of halogens is 1. The first-order valence-electron chi connectivity index (χ1n) is 7.33. The van der Waals surface area contributed by atoms with Crippen molar-refractivity contribution in [2.24, 2.45) is 0 Å². The average molecular weight is 307 g/mol. The smallest absolute Gasteiger partial charge is 0.249 e. The maximum atomic E-state index is 6.44. The van der Waals surface area contributed by atoms with Gasteiger partial charge in [-0.25, -0.2) is 0 Å². The summed E-state index contributed by atoms with van der Waals surface area (Å²) >= 11 is 6.44. The Morgan fingerprint density at radius 3 is 2.57 bits per heavy atom. The maximum Gasteiger partial charge on any atom is 0.249 e. The molecule has 0 N–H and O–H groups in total. The highest BCUT2D eigenvalue weighted by Crippen LogP contribution is 2.39. The molecule has 0 amide bonds. The fourth-order valence-electron chi connectivity index (χ4n) is 2.93. The molecule has 1 saturated carbocycles. The highest BCUT2D eigenvalue weighted by Gasteiger charge is 2.39. The number of hydrogen-bond donors (Lipinski definition) is 0. The van der Waals surface area contributed by atoms with Crippen LogP contribution in [0.1, 0.15) is 54.8 Å². The molecule has 1 atom stereocenters. The van der Waals surface area contributed by atoms with E-state index in [4.69, 9.17) is 20.9 Å². The fraction of sp³-hybridized carbons (Fsp3) is 0.500. The second-order valence-corrected chi connectivity index (χ2v) is 5.92. The van der Waals surface area contributed by atoms with Crippen molar-refractivity contribution in [2.75, 3.05) is 7.11 Å². The third-order valence-electron chi connectivity index (χ3n) is 4.21. The summed E-state index contributed by atoms with van der Waals surface area (Å²) in [5.41, 5.74) is 0.539. The van der Waals surface area contributed by atoms with Gasteiger partial charge < -0.3 is 9.26 Å². The largest absolute Gasteiger partial charge is 0.370 e. The van der Waals surface area contributed by atoms with E-state index in [1.165, 1.54) is 6.42 Å². The molecule has 1 heterocycles. The van der Waals surface area contributed by atoms with E-state index in [0.29, 0.717) is 11.7 Å². The van der Waals surface area contributed by atoms with Gasteiger partial charge in [0.15, 0.2) is 0 Å².